The van der Waals surface area contributed by atoms with Gasteiger partial charge in [0, 0.05) is 22.0 Å². The Morgan fingerprint density at radius 1 is 0.951 bits per heavy atom. The topological polar surface area (TPSA) is 68.3 Å². The molecule has 1 aromatic heterocycles. The lowest BCUT2D eigenvalue weighted by atomic mass is 9.69. The van der Waals surface area contributed by atoms with Gasteiger partial charge in [0.2, 0.25) is 0 Å². The Hall–Kier alpha value is -3.67. The van der Waals surface area contributed by atoms with E-state index in [0.29, 0.717) is 34.1 Å². The zero-order chi connectivity index (χ0) is 29.1. The molecule has 4 aromatic rings. The van der Waals surface area contributed by atoms with Gasteiger partial charge in [-0.25, -0.2) is 9.78 Å². The highest BCUT2D eigenvalue weighted by molar-refractivity contribution is 6.30. The van der Waals surface area contributed by atoms with Crippen molar-refractivity contribution in [2.45, 2.75) is 40.2 Å². The summed E-state index contributed by atoms with van der Waals surface area (Å²) >= 11 is 12.1. The summed E-state index contributed by atoms with van der Waals surface area (Å²) in [7, 11) is 0. The summed E-state index contributed by atoms with van der Waals surface area (Å²) in [5.41, 5.74) is 5.82. The molecule has 1 amide bonds. The first-order chi connectivity index (χ1) is 19.6. The van der Waals surface area contributed by atoms with E-state index in [-0.39, 0.29) is 23.8 Å². The summed E-state index contributed by atoms with van der Waals surface area (Å²) in [5, 5.41) is 4.82. The number of halogens is 2. The molecule has 0 saturated heterocycles. The van der Waals surface area contributed by atoms with Crippen LogP contribution in [0.15, 0.2) is 72.8 Å². The van der Waals surface area contributed by atoms with Crippen LogP contribution in [-0.2, 0) is 22.5 Å². The van der Waals surface area contributed by atoms with Crippen molar-refractivity contribution < 1.29 is 14.3 Å². The molecule has 5 nitrogen and oxygen atoms in total. The van der Waals surface area contributed by atoms with E-state index < -0.39 is 5.97 Å². The fraction of sp³-hybridized carbons (Fsp3) is 0.265. The number of allylic oxidation sites excluding steroid dienone is 1. The van der Waals surface area contributed by atoms with E-state index >= 15 is 0 Å². The predicted molar refractivity (Wildman–Crippen MR) is 166 cm³/mol. The molecule has 1 atom stereocenters. The fourth-order valence-corrected chi connectivity index (χ4v) is 5.44. The van der Waals surface area contributed by atoms with Crippen LogP contribution in [0.25, 0.3) is 22.6 Å². The van der Waals surface area contributed by atoms with Gasteiger partial charge in [-0.2, -0.15) is 0 Å². The number of nitrogens with zero attached hydrogens (tertiary/aromatic N) is 1. The van der Waals surface area contributed by atoms with Crippen LogP contribution in [0.5, 0.6) is 0 Å². The van der Waals surface area contributed by atoms with Crippen LogP contribution in [0.4, 0.5) is 0 Å². The second-order valence-electron chi connectivity index (χ2n) is 11.5. The molecule has 1 heterocycles. The van der Waals surface area contributed by atoms with Crippen LogP contribution in [0.1, 0.15) is 59.9 Å². The van der Waals surface area contributed by atoms with E-state index in [1.165, 1.54) is 0 Å². The third kappa shape index (κ3) is 6.80. The lowest BCUT2D eigenvalue weighted by Crippen LogP contribution is -2.30. The number of carbonyl (C=O) groups excluding carboxylic acids is 2. The number of nitrogens with one attached hydrogen (secondary N) is 1. The molecule has 41 heavy (non-hydrogen) atoms. The SMILES string of the molecule is CC(C)(C)[C@H]1C/C(=C\c2ccc(Cl)cc2)c2nc3ccccc3c(C(=O)OCC(=O)NCc3ccc(Cl)cc3)c2C1. The normalized spacial score (nSPS) is 15.9. The first-order valence-corrected chi connectivity index (χ1v) is 14.4. The highest BCUT2D eigenvalue weighted by atomic mass is 35.5. The van der Waals surface area contributed by atoms with Crippen LogP contribution < -0.4 is 5.32 Å². The molecule has 0 fully saturated rings. The number of fused-ring (bicyclic) bond motifs is 2. The van der Waals surface area contributed by atoms with Crippen LogP contribution in [0.2, 0.25) is 10.0 Å². The average molecular weight is 588 g/mol. The van der Waals surface area contributed by atoms with E-state index in [0.717, 1.165) is 39.8 Å². The molecule has 0 unspecified atom stereocenters. The van der Waals surface area contributed by atoms with Gasteiger partial charge in [0.05, 0.1) is 16.8 Å². The summed E-state index contributed by atoms with van der Waals surface area (Å²) in [6.07, 6.45) is 3.64. The summed E-state index contributed by atoms with van der Waals surface area (Å²) in [5.74, 6) is -0.635. The molecule has 0 saturated carbocycles. The quantitative estimate of drug-likeness (QED) is 0.231. The Morgan fingerprint density at radius 3 is 2.29 bits per heavy atom. The predicted octanol–water partition coefficient (Wildman–Crippen LogP) is 8.16. The first kappa shape index (κ1) is 28.8. The number of aromatic nitrogens is 1. The van der Waals surface area contributed by atoms with Gasteiger partial charge in [0.25, 0.3) is 5.91 Å². The molecule has 1 N–H and O–H groups in total. The molecular formula is C34H32Cl2N2O3. The number of ether oxygens (including phenoxy) is 1. The highest BCUT2D eigenvalue weighted by Gasteiger charge is 2.35. The lowest BCUT2D eigenvalue weighted by Gasteiger charge is -2.36. The van der Waals surface area contributed by atoms with Gasteiger partial charge < -0.3 is 10.1 Å². The first-order valence-electron chi connectivity index (χ1n) is 13.6. The van der Waals surface area contributed by atoms with Crippen LogP contribution in [0, 0.1) is 11.3 Å². The van der Waals surface area contributed by atoms with Crippen molar-refractivity contribution in [1.82, 2.24) is 10.3 Å². The molecule has 0 bridgehead atoms. The van der Waals surface area contributed by atoms with Crippen molar-refractivity contribution in [3.63, 3.8) is 0 Å². The molecular weight excluding hydrogens is 555 g/mol. The highest BCUT2D eigenvalue weighted by Crippen LogP contribution is 2.45. The van der Waals surface area contributed by atoms with E-state index in [4.69, 9.17) is 32.9 Å². The molecule has 1 aliphatic carbocycles. The van der Waals surface area contributed by atoms with Crippen molar-refractivity contribution >= 4 is 57.6 Å². The van der Waals surface area contributed by atoms with Gasteiger partial charge in [0.1, 0.15) is 0 Å². The van der Waals surface area contributed by atoms with Gasteiger partial charge in [-0.1, -0.05) is 86.4 Å². The monoisotopic (exact) mass is 586 g/mol. The maximum absolute atomic E-state index is 13.7. The Balaban J connectivity index is 1.48. The van der Waals surface area contributed by atoms with Gasteiger partial charge in [-0.15, -0.1) is 0 Å². The van der Waals surface area contributed by atoms with Crippen molar-refractivity contribution in [1.29, 1.82) is 0 Å². The zero-order valence-electron chi connectivity index (χ0n) is 23.3. The minimum absolute atomic E-state index is 0.00878. The number of benzene rings is 3. The van der Waals surface area contributed by atoms with Gasteiger partial charge in [-0.3, -0.25) is 4.79 Å². The summed E-state index contributed by atoms with van der Waals surface area (Å²) in [4.78, 5) is 31.4. The van der Waals surface area contributed by atoms with Crippen molar-refractivity contribution in [3.8, 4) is 0 Å². The minimum Gasteiger partial charge on any atom is -0.452 e. The second kappa shape index (κ2) is 12.1. The van der Waals surface area contributed by atoms with Crippen LogP contribution in [0.3, 0.4) is 0 Å². The second-order valence-corrected chi connectivity index (χ2v) is 12.4. The van der Waals surface area contributed by atoms with E-state index in [2.05, 4.69) is 32.2 Å². The molecule has 210 valence electrons. The molecule has 5 rings (SSSR count). The number of esters is 1. The van der Waals surface area contributed by atoms with E-state index in [1.807, 2.05) is 60.7 Å². The Labute approximate surface area is 250 Å². The maximum Gasteiger partial charge on any atom is 0.339 e. The smallest absolute Gasteiger partial charge is 0.339 e. The van der Waals surface area contributed by atoms with E-state index in [9.17, 15) is 9.59 Å². The number of hydrogen-bond donors (Lipinski definition) is 1. The van der Waals surface area contributed by atoms with Gasteiger partial charge >= 0.3 is 5.97 Å². The minimum atomic E-state index is -0.526. The maximum atomic E-state index is 13.7. The van der Waals surface area contributed by atoms with Gasteiger partial charge in [0.15, 0.2) is 6.61 Å². The average Bonchev–Trinajstić information content (AvgIpc) is 2.95. The zero-order valence-corrected chi connectivity index (χ0v) is 24.9. The van der Waals surface area contributed by atoms with Crippen molar-refractivity contribution in [2.75, 3.05) is 6.61 Å². The number of hydrogen-bond acceptors (Lipinski definition) is 4. The summed E-state index contributed by atoms with van der Waals surface area (Å²) in [6, 6.07) is 22.5. The number of amides is 1. The standard InChI is InChI=1S/C34H32Cl2N2O3/c1-34(2,3)24-17-23(16-21-8-12-25(35)13-9-21)32-28(18-24)31(27-6-4-5-7-29(27)38-32)33(40)41-20-30(39)37-19-22-10-14-26(36)15-11-22/h4-16,24H,17-20H2,1-3H3,(H,37,39)/b23-16+/t24-/m0/s1. The van der Waals surface area contributed by atoms with E-state index in [1.54, 1.807) is 12.1 Å². The lowest BCUT2D eigenvalue weighted by molar-refractivity contribution is -0.124. The Morgan fingerprint density at radius 2 is 1.61 bits per heavy atom. The Kier molecular flexibility index (Phi) is 8.48. The third-order valence-corrected chi connectivity index (χ3v) is 8.10. The van der Waals surface area contributed by atoms with Crippen LogP contribution >= 0.6 is 23.2 Å². The third-order valence-electron chi connectivity index (χ3n) is 7.59. The van der Waals surface area contributed by atoms with Crippen molar-refractivity contribution in [2.24, 2.45) is 11.3 Å². The number of rotatable bonds is 6. The van der Waals surface area contributed by atoms with Gasteiger partial charge in [-0.05, 0) is 82.8 Å². The molecule has 3 aromatic carbocycles. The summed E-state index contributed by atoms with van der Waals surface area (Å²) in [6.45, 7) is 6.60. The molecule has 0 radical (unpaired) electrons. The summed E-state index contributed by atoms with van der Waals surface area (Å²) < 4.78 is 5.63. The number of pyridine rings is 1. The van der Waals surface area contributed by atoms with Crippen molar-refractivity contribution in [3.05, 3.63) is 111 Å². The largest absolute Gasteiger partial charge is 0.452 e. The molecule has 0 spiro atoms. The number of carbonyl (C=O) groups is 2. The molecule has 1 aliphatic rings. The van der Waals surface area contributed by atoms with Crippen LogP contribution in [-0.4, -0.2) is 23.5 Å². The molecule has 7 heteroatoms. The fourth-order valence-electron chi connectivity index (χ4n) is 5.19. The Bertz CT molecular complexity index is 1620. The number of para-hydroxylation sites is 1. The molecule has 0 aliphatic heterocycles.